The summed E-state index contributed by atoms with van der Waals surface area (Å²) in [7, 11) is 0. The maximum Gasteiger partial charge on any atom is 0.287 e. The van der Waals surface area contributed by atoms with Gasteiger partial charge in [0.1, 0.15) is 18.1 Å². The number of likely N-dealkylation sites (tertiary alicyclic amines) is 2. The summed E-state index contributed by atoms with van der Waals surface area (Å²) < 4.78 is 0. The van der Waals surface area contributed by atoms with Crippen LogP contribution >= 0.6 is 0 Å². The molecule has 0 saturated carbocycles. The number of carbonyl (C=O) groups excluding carboxylic acids is 1. The largest absolute Gasteiger partial charge is 0.366 e. The molecule has 2 aromatic rings. The van der Waals surface area contributed by atoms with Crippen LogP contribution in [0.2, 0.25) is 0 Å². The second kappa shape index (κ2) is 9.21. The SMILES string of the molecule is O=C(C(c1ccccc1)N1CCC(Nc2ccc([N+](=O)[O-])cn2)C1)N1CCCCC1. The van der Waals surface area contributed by atoms with Crippen LogP contribution in [0.1, 0.15) is 37.3 Å². The molecule has 0 spiro atoms. The van der Waals surface area contributed by atoms with Crippen LogP contribution in [0.3, 0.4) is 0 Å². The number of benzene rings is 1. The number of pyridine rings is 1. The van der Waals surface area contributed by atoms with E-state index in [2.05, 4.69) is 15.2 Å². The molecule has 8 heteroatoms. The van der Waals surface area contributed by atoms with Gasteiger partial charge in [-0.3, -0.25) is 19.8 Å². The third kappa shape index (κ3) is 4.59. The van der Waals surface area contributed by atoms with Crippen molar-refractivity contribution in [1.29, 1.82) is 0 Å². The van der Waals surface area contributed by atoms with Crippen LogP contribution in [0.5, 0.6) is 0 Å². The number of amides is 1. The molecular formula is C22H27N5O3. The van der Waals surface area contributed by atoms with E-state index in [0.717, 1.165) is 51.0 Å². The van der Waals surface area contributed by atoms with Crippen LogP contribution < -0.4 is 5.32 Å². The zero-order chi connectivity index (χ0) is 20.9. The Bertz CT molecular complexity index is 868. The first-order valence-corrected chi connectivity index (χ1v) is 10.6. The van der Waals surface area contributed by atoms with Gasteiger partial charge in [-0.15, -0.1) is 0 Å². The fourth-order valence-corrected chi connectivity index (χ4v) is 4.36. The first-order valence-electron chi connectivity index (χ1n) is 10.6. The highest BCUT2D eigenvalue weighted by molar-refractivity contribution is 5.83. The minimum atomic E-state index is -0.454. The number of carbonyl (C=O) groups is 1. The molecule has 3 heterocycles. The Morgan fingerprint density at radius 3 is 2.53 bits per heavy atom. The molecule has 2 fully saturated rings. The Labute approximate surface area is 176 Å². The van der Waals surface area contributed by atoms with Gasteiger partial charge in [0, 0.05) is 38.3 Å². The second-order valence-electron chi connectivity index (χ2n) is 7.98. The van der Waals surface area contributed by atoms with E-state index in [1.54, 1.807) is 6.07 Å². The lowest BCUT2D eigenvalue weighted by Gasteiger charge is -2.34. The number of hydrogen-bond acceptors (Lipinski definition) is 6. The van der Waals surface area contributed by atoms with Crippen molar-refractivity contribution in [2.45, 2.75) is 37.8 Å². The summed E-state index contributed by atoms with van der Waals surface area (Å²) in [5, 5.41) is 14.2. The van der Waals surface area contributed by atoms with Crippen molar-refractivity contribution in [1.82, 2.24) is 14.8 Å². The van der Waals surface area contributed by atoms with Crippen LogP contribution in [-0.4, -0.2) is 57.8 Å². The predicted molar refractivity (Wildman–Crippen MR) is 114 cm³/mol. The summed E-state index contributed by atoms with van der Waals surface area (Å²) in [6.07, 6.45) is 5.49. The Morgan fingerprint density at radius 1 is 1.10 bits per heavy atom. The van der Waals surface area contributed by atoms with E-state index in [1.165, 1.54) is 18.7 Å². The van der Waals surface area contributed by atoms with Gasteiger partial charge in [0.05, 0.1) is 4.92 Å². The molecule has 2 atom stereocenters. The third-order valence-corrected chi connectivity index (χ3v) is 5.91. The third-order valence-electron chi connectivity index (χ3n) is 5.91. The average molecular weight is 409 g/mol. The topological polar surface area (TPSA) is 91.6 Å². The van der Waals surface area contributed by atoms with Gasteiger partial charge in [0.15, 0.2) is 0 Å². The number of rotatable bonds is 6. The van der Waals surface area contributed by atoms with Gasteiger partial charge in [0.25, 0.3) is 5.69 Å². The lowest BCUT2D eigenvalue weighted by molar-refractivity contribution is -0.385. The maximum atomic E-state index is 13.4. The molecule has 0 radical (unpaired) electrons. The van der Waals surface area contributed by atoms with Gasteiger partial charge in [-0.05, 0) is 37.3 Å². The predicted octanol–water partition coefficient (Wildman–Crippen LogP) is 3.23. The molecule has 2 aliphatic heterocycles. The number of aromatic nitrogens is 1. The highest BCUT2D eigenvalue weighted by Crippen LogP contribution is 2.29. The van der Waals surface area contributed by atoms with E-state index in [4.69, 9.17) is 0 Å². The molecule has 1 aromatic carbocycles. The van der Waals surface area contributed by atoms with Gasteiger partial charge in [-0.25, -0.2) is 4.98 Å². The van der Waals surface area contributed by atoms with E-state index in [1.807, 2.05) is 35.2 Å². The fraction of sp³-hybridized carbons (Fsp3) is 0.455. The van der Waals surface area contributed by atoms with Crippen molar-refractivity contribution in [3.8, 4) is 0 Å². The average Bonchev–Trinajstić information content (AvgIpc) is 3.23. The number of nitrogens with zero attached hydrogens (tertiary/aromatic N) is 4. The molecule has 2 aliphatic rings. The second-order valence-corrected chi connectivity index (χ2v) is 7.98. The zero-order valence-corrected chi connectivity index (χ0v) is 16.9. The van der Waals surface area contributed by atoms with Crippen molar-refractivity contribution < 1.29 is 9.72 Å². The molecule has 1 amide bonds. The van der Waals surface area contributed by atoms with Crippen LogP contribution in [0.15, 0.2) is 48.7 Å². The van der Waals surface area contributed by atoms with Gasteiger partial charge in [0.2, 0.25) is 5.91 Å². The Morgan fingerprint density at radius 2 is 1.87 bits per heavy atom. The van der Waals surface area contributed by atoms with Gasteiger partial charge < -0.3 is 10.2 Å². The van der Waals surface area contributed by atoms with E-state index in [0.29, 0.717) is 5.82 Å². The number of anilines is 1. The van der Waals surface area contributed by atoms with Gasteiger partial charge >= 0.3 is 0 Å². The first kappa shape index (κ1) is 20.3. The summed E-state index contributed by atoms with van der Waals surface area (Å²) in [5.74, 6) is 0.807. The molecule has 8 nitrogen and oxygen atoms in total. The molecule has 0 aliphatic carbocycles. The molecule has 1 aromatic heterocycles. The highest BCUT2D eigenvalue weighted by atomic mass is 16.6. The minimum absolute atomic E-state index is 0.0233. The number of hydrogen-bond donors (Lipinski definition) is 1. The van der Waals surface area contributed by atoms with Crippen molar-refractivity contribution >= 4 is 17.4 Å². The quantitative estimate of drug-likeness (QED) is 0.582. The molecule has 2 saturated heterocycles. The van der Waals surface area contributed by atoms with Crippen molar-refractivity contribution in [2.24, 2.45) is 0 Å². The van der Waals surface area contributed by atoms with Crippen LogP contribution in [0.25, 0.3) is 0 Å². The fourth-order valence-electron chi connectivity index (χ4n) is 4.36. The van der Waals surface area contributed by atoms with E-state index >= 15 is 0 Å². The molecule has 0 bridgehead atoms. The van der Waals surface area contributed by atoms with Gasteiger partial charge in [-0.2, -0.15) is 0 Å². The normalized spacial score (nSPS) is 20.7. The monoisotopic (exact) mass is 409 g/mol. The molecule has 2 unspecified atom stereocenters. The van der Waals surface area contributed by atoms with E-state index in [9.17, 15) is 14.9 Å². The van der Waals surface area contributed by atoms with Crippen LogP contribution in [0.4, 0.5) is 11.5 Å². The lowest BCUT2D eigenvalue weighted by Crippen LogP contribution is -2.45. The van der Waals surface area contributed by atoms with E-state index < -0.39 is 4.92 Å². The lowest BCUT2D eigenvalue weighted by atomic mass is 10.0. The maximum absolute atomic E-state index is 13.4. The number of nitrogens with one attached hydrogen (secondary N) is 1. The van der Waals surface area contributed by atoms with Gasteiger partial charge in [-0.1, -0.05) is 30.3 Å². The minimum Gasteiger partial charge on any atom is -0.366 e. The van der Waals surface area contributed by atoms with Crippen LogP contribution in [-0.2, 0) is 4.79 Å². The van der Waals surface area contributed by atoms with E-state index in [-0.39, 0.29) is 23.7 Å². The highest BCUT2D eigenvalue weighted by Gasteiger charge is 2.36. The zero-order valence-electron chi connectivity index (χ0n) is 16.9. The molecule has 4 rings (SSSR count). The molecular weight excluding hydrogens is 382 g/mol. The Hall–Kier alpha value is -3.00. The Balaban J connectivity index is 1.46. The summed E-state index contributed by atoms with van der Waals surface area (Å²) in [6.45, 7) is 3.20. The number of piperidine rings is 1. The smallest absolute Gasteiger partial charge is 0.287 e. The standard InChI is InChI=1S/C22H27N5O3/c28-22(25-12-5-2-6-13-25)21(17-7-3-1-4-8-17)26-14-11-18(16-26)24-20-10-9-19(15-23-20)27(29)30/h1,3-4,7-10,15,18,21H,2,5-6,11-14,16H2,(H,23,24). The summed E-state index contributed by atoms with van der Waals surface area (Å²) in [6, 6.07) is 13.0. The Kier molecular flexibility index (Phi) is 6.23. The molecule has 30 heavy (non-hydrogen) atoms. The summed E-state index contributed by atoms with van der Waals surface area (Å²) in [5.41, 5.74) is 1.01. The van der Waals surface area contributed by atoms with Crippen LogP contribution in [0, 0.1) is 10.1 Å². The molecule has 1 N–H and O–H groups in total. The summed E-state index contributed by atoms with van der Waals surface area (Å²) in [4.78, 5) is 32.2. The number of nitro groups is 1. The first-order chi connectivity index (χ1) is 14.6. The van der Waals surface area contributed by atoms with Crippen molar-refractivity contribution in [2.75, 3.05) is 31.5 Å². The van der Waals surface area contributed by atoms with Crippen molar-refractivity contribution in [3.05, 3.63) is 64.3 Å². The van der Waals surface area contributed by atoms with Crippen molar-refractivity contribution in [3.63, 3.8) is 0 Å². The summed E-state index contributed by atoms with van der Waals surface area (Å²) >= 11 is 0. The molecule has 158 valence electrons.